The number of carbonyl (C=O) groups is 1. The van der Waals surface area contributed by atoms with E-state index in [2.05, 4.69) is 30.6 Å². The highest BCUT2D eigenvalue weighted by atomic mass is 32.1. The molecular formula is C15H21NO2S. The molecule has 1 saturated heterocycles. The van der Waals surface area contributed by atoms with Gasteiger partial charge in [0, 0.05) is 35.3 Å². The molecule has 4 heteroatoms. The zero-order valence-electron chi connectivity index (χ0n) is 11.5. The molecule has 3 atom stereocenters. The summed E-state index contributed by atoms with van der Waals surface area (Å²) in [5.74, 6) is 0.706. The number of rotatable bonds is 4. The van der Waals surface area contributed by atoms with Gasteiger partial charge in [-0.25, -0.2) is 0 Å². The lowest BCUT2D eigenvalue weighted by atomic mass is 9.57. The molecule has 0 bridgehead atoms. The molecule has 1 saturated carbocycles. The van der Waals surface area contributed by atoms with Crippen molar-refractivity contribution in [3.8, 4) is 0 Å². The van der Waals surface area contributed by atoms with Crippen molar-refractivity contribution in [2.75, 3.05) is 6.61 Å². The van der Waals surface area contributed by atoms with Crippen LogP contribution in [0.15, 0.2) is 17.5 Å². The number of amides is 1. The van der Waals surface area contributed by atoms with Gasteiger partial charge in [-0.15, -0.1) is 11.3 Å². The Kier molecular flexibility index (Phi) is 3.39. The highest BCUT2D eigenvalue weighted by Crippen LogP contribution is 2.52. The quantitative estimate of drug-likeness (QED) is 0.920. The zero-order chi connectivity index (χ0) is 13.5. The fraction of sp³-hybridized carbons (Fsp3) is 0.667. The highest BCUT2D eigenvalue weighted by Gasteiger charge is 2.59. The monoisotopic (exact) mass is 279 g/mol. The number of hydrogen-bond acceptors (Lipinski definition) is 3. The summed E-state index contributed by atoms with van der Waals surface area (Å²) in [4.78, 5) is 13.4. The van der Waals surface area contributed by atoms with E-state index in [4.69, 9.17) is 4.74 Å². The fourth-order valence-electron chi connectivity index (χ4n) is 3.55. The Bertz CT molecular complexity index is 455. The number of fused-ring (bicyclic) bond motifs is 1. The average molecular weight is 279 g/mol. The van der Waals surface area contributed by atoms with Crippen LogP contribution >= 0.6 is 11.3 Å². The molecule has 0 unspecified atom stereocenters. The van der Waals surface area contributed by atoms with Gasteiger partial charge >= 0.3 is 0 Å². The highest BCUT2D eigenvalue weighted by molar-refractivity contribution is 7.09. The smallest absolute Gasteiger partial charge is 0.220 e. The zero-order valence-corrected chi connectivity index (χ0v) is 12.3. The Morgan fingerprint density at radius 2 is 2.42 bits per heavy atom. The second-order valence-electron chi connectivity index (χ2n) is 6.19. The van der Waals surface area contributed by atoms with E-state index in [-0.39, 0.29) is 17.4 Å². The third-order valence-electron chi connectivity index (χ3n) is 4.60. The minimum atomic E-state index is 0.0831. The van der Waals surface area contributed by atoms with Gasteiger partial charge in [-0.3, -0.25) is 4.79 Å². The summed E-state index contributed by atoms with van der Waals surface area (Å²) in [6.45, 7) is 5.24. The van der Waals surface area contributed by atoms with Crippen LogP contribution in [0.2, 0.25) is 0 Å². The summed E-state index contributed by atoms with van der Waals surface area (Å²) in [6.07, 6.45) is 2.87. The van der Waals surface area contributed by atoms with E-state index in [1.807, 2.05) is 6.07 Å². The number of nitrogens with one attached hydrogen (secondary N) is 1. The molecule has 3 rings (SSSR count). The SMILES string of the molecule is CC1(C)[C@H](NC(=O)CCc2cccs2)[C@@H]2CCO[C@@H]21. The first-order chi connectivity index (χ1) is 9.09. The molecule has 0 radical (unpaired) electrons. The number of aryl methyl sites for hydroxylation is 1. The van der Waals surface area contributed by atoms with Crippen molar-refractivity contribution in [2.45, 2.75) is 45.3 Å². The second-order valence-corrected chi connectivity index (χ2v) is 7.22. The molecule has 1 amide bonds. The number of carbonyl (C=O) groups excluding carboxylic acids is 1. The molecule has 1 aliphatic heterocycles. The summed E-state index contributed by atoms with van der Waals surface area (Å²) in [6, 6.07) is 4.41. The van der Waals surface area contributed by atoms with Gasteiger partial charge in [0.1, 0.15) is 0 Å². The van der Waals surface area contributed by atoms with Crippen LogP contribution in [0.25, 0.3) is 0 Å². The third-order valence-corrected chi connectivity index (χ3v) is 5.53. The molecule has 1 aliphatic carbocycles. The van der Waals surface area contributed by atoms with Crippen molar-refractivity contribution in [3.63, 3.8) is 0 Å². The van der Waals surface area contributed by atoms with E-state index < -0.39 is 0 Å². The van der Waals surface area contributed by atoms with Gasteiger partial charge in [0.05, 0.1) is 6.10 Å². The molecule has 0 spiro atoms. The lowest BCUT2D eigenvalue weighted by Gasteiger charge is -2.54. The van der Waals surface area contributed by atoms with Crippen molar-refractivity contribution >= 4 is 17.2 Å². The van der Waals surface area contributed by atoms with Crippen LogP contribution in [0.1, 0.15) is 31.6 Å². The van der Waals surface area contributed by atoms with Crippen LogP contribution < -0.4 is 5.32 Å². The van der Waals surface area contributed by atoms with Crippen molar-refractivity contribution in [1.82, 2.24) is 5.32 Å². The van der Waals surface area contributed by atoms with Crippen LogP contribution in [-0.2, 0) is 16.0 Å². The molecule has 2 aliphatic rings. The lowest BCUT2D eigenvalue weighted by Crippen LogP contribution is -2.66. The minimum absolute atomic E-state index is 0.0831. The van der Waals surface area contributed by atoms with Crippen LogP contribution in [0.3, 0.4) is 0 Å². The molecule has 1 N–H and O–H groups in total. The Morgan fingerprint density at radius 1 is 1.58 bits per heavy atom. The summed E-state index contributed by atoms with van der Waals surface area (Å²) in [7, 11) is 0. The van der Waals surface area contributed by atoms with Gasteiger partial charge in [0.2, 0.25) is 5.91 Å². The van der Waals surface area contributed by atoms with Crippen molar-refractivity contribution in [3.05, 3.63) is 22.4 Å². The minimum Gasteiger partial charge on any atom is -0.377 e. The first-order valence-electron chi connectivity index (χ1n) is 7.02. The van der Waals surface area contributed by atoms with Gasteiger partial charge in [-0.05, 0) is 24.3 Å². The Hall–Kier alpha value is -0.870. The van der Waals surface area contributed by atoms with Crippen molar-refractivity contribution < 1.29 is 9.53 Å². The van der Waals surface area contributed by atoms with E-state index in [0.29, 0.717) is 18.4 Å². The average Bonchev–Trinajstić information content (AvgIpc) is 3.03. The third kappa shape index (κ3) is 2.32. The molecule has 19 heavy (non-hydrogen) atoms. The molecule has 2 fully saturated rings. The van der Waals surface area contributed by atoms with Gasteiger partial charge in [-0.1, -0.05) is 19.9 Å². The molecule has 2 heterocycles. The summed E-state index contributed by atoms with van der Waals surface area (Å²) < 4.78 is 5.75. The van der Waals surface area contributed by atoms with Crippen LogP contribution in [-0.4, -0.2) is 24.7 Å². The normalized spacial score (nSPS) is 31.6. The number of thiophene rings is 1. The Balaban J connectivity index is 1.52. The van der Waals surface area contributed by atoms with E-state index in [1.54, 1.807) is 11.3 Å². The largest absolute Gasteiger partial charge is 0.377 e. The number of hydrogen-bond donors (Lipinski definition) is 1. The molecule has 0 aromatic carbocycles. The summed E-state index contributed by atoms with van der Waals surface area (Å²) in [5, 5.41) is 5.28. The standard InChI is InChI=1S/C15H21NO2S/c1-15(2)13(11-7-8-18-14(11)15)16-12(17)6-5-10-4-3-9-19-10/h3-4,9,11,13-14H,5-8H2,1-2H3,(H,16,17)/t11-,13+,14-/m0/s1. The van der Waals surface area contributed by atoms with Gasteiger partial charge < -0.3 is 10.1 Å². The van der Waals surface area contributed by atoms with Gasteiger partial charge in [-0.2, -0.15) is 0 Å². The molecule has 1 aromatic heterocycles. The number of ether oxygens (including phenoxy) is 1. The maximum atomic E-state index is 12.1. The van der Waals surface area contributed by atoms with Crippen LogP contribution in [0.5, 0.6) is 0 Å². The van der Waals surface area contributed by atoms with E-state index in [9.17, 15) is 4.79 Å². The van der Waals surface area contributed by atoms with Crippen molar-refractivity contribution in [1.29, 1.82) is 0 Å². The van der Waals surface area contributed by atoms with Crippen LogP contribution in [0.4, 0.5) is 0 Å². The summed E-state index contributed by atoms with van der Waals surface area (Å²) in [5.41, 5.74) is 0.0831. The molecule has 3 nitrogen and oxygen atoms in total. The fourth-order valence-corrected chi connectivity index (χ4v) is 4.26. The summed E-state index contributed by atoms with van der Waals surface area (Å²) >= 11 is 1.72. The van der Waals surface area contributed by atoms with Crippen LogP contribution in [0, 0.1) is 11.3 Å². The van der Waals surface area contributed by atoms with Crippen molar-refractivity contribution in [2.24, 2.45) is 11.3 Å². The topological polar surface area (TPSA) is 38.3 Å². The Morgan fingerprint density at radius 3 is 3.16 bits per heavy atom. The predicted octanol–water partition coefficient (Wildman–Crippen LogP) is 2.61. The molecule has 1 aromatic rings. The van der Waals surface area contributed by atoms with Gasteiger partial charge in [0.25, 0.3) is 0 Å². The van der Waals surface area contributed by atoms with Gasteiger partial charge in [0.15, 0.2) is 0 Å². The maximum absolute atomic E-state index is 12.1. The first kappa shape index (κ1) is 13.1. The maximum Gasteiger partial charge on any atom is 0.220 e. The Labute approximate surface area is 118 Å². The molecule has 104 valence electrons. The second kappa shape index (κ2) is 4.91. The van der Waals surface area contributed by atoms with E-state index in [0.717, 1.165) is 19.4 Å². The first-order valence-corrected chi connectivity index (χ1v) is 7.90. The predicted molar refractivity (Wildman–Crippen MR) is 76.2 cm³/mol. The lowest BCUT2D eigenvalue weighted by molar-refractivity contribution is -0.137. The molecular weight excluding hydrogens is 258 g/mol. The van der Waals surface area contributed by atoms with E-state index in [1.165, 1.54) is 4.88 Å². The van der Waals surface area contributed by atoms with E-state index >= 15 is 0 Å².